The SMILES string of the molecule is CC1CC(C)N(c2cc(N)ncn2)C1. The van der Waals surface area contributed by atoms with Gasteiger partial charge in [0.05, 0.1) is 0 Å². The maximum atomic E-state index is 5.63. The van der Waals surface area contributed by atoms with Crippen molar-refractivity contribution in [2.24, 2.45) is 5.92 Å². The molecule has 76 valence electrons. The lowest BCUT2D eigenvalue weighted by atomic mass is 10.1. The van der Waals surface area contributed by atoms with Crippen molar-refractivity contribution in [2.45, 2.75) is 26.3 Å². The summed E-state index contributed by atoms with van der Waals surface area (Å²) in [7, 11) is 0. The molecule has 2 unspecified atom stereocenters. The van der Waals surface area contributed by atoms with Crippen LogP contribution in [0.3, 0.4) is 0 Å². The van der Waals surface area contributed by atoms with Gasteiger partial charge in [0, 0.05) is 18.7 Å². The molecule has 1 fully saturated rings. The van der Waals surface area contributed by atoms with E-state index in [2.05, 4.69) is 28.7 Å². The summed E-state index contributed by atoms with van der Waals surface area (Å²) in [5.74, 6) is 2.23. The van der Waals surface area contributed by atoms with Gasteiger partial charge in [0.1, 0.15) is 18.0 Å². The Labute approximate surface area is 84.2 Å². The first-order valence-electron chi connectivity index (χ1n) is 5.01. The van der Waals surface area contributed by atoms with E-state index in [9.17, 15) is 0 Å². The van der Waals surface area contributed by atoms with Gasteiger partial charge < -0.3 is 10.6 Å². The summed E-state index contributed by atoms with van der Waals surface area (Å²) in [4.78, 5) is 10.4. The van der Waals surface area contributed by atoms with Gasteiger partial charge in [0.25, 0.3) is 0 Å². The molecule has 1 saturated heterocycles. The molecule has 1 aromatic heterocycles. The summed E-state index contributed by atoms with van der Waals surface area (Å²) in [6.07, 6.45) is 2.75. The van der Waals surface area contributed by atoms with Gasteiger partial charge in [-0.25, -0.2) is 9.97 Å². The number of hydrogen-bond donors (Lipinski definition) is 1. The normalized spacial score (nSPS) is 26.9. The van der Waals surface area contributed by atoms with Crippen molar-refractivity contribution in [1.29, 1.82) is 0 Å². The molecular formula is C10H16N4. The number of hydrogen-bond acceptors (Lipinski definition) is 4. The number of rotatable bonds is 1. The van der Waals surface area contributed by atoms with E-state index >= 15 is 0 Å². The Morgan fingerprint density at radius 1 is 1.43 bits per heavy atom. The van der Waals surface area contributed by atoms with E-state index in [-0.39, 0.29) is 0 Å². The summed E-state index contributed by atoms with van der Waals surface area (Å²) in [5.41, 5.74) is 5.63. The molecule has 0 bridgehead atoms. The third kappa shape index (κ3) is 1.64. The van der Waals surface area contributed by atoms with Crippen molar-refractivity contribution < 1.29 is 0 Å². The number of aromatic nitrogens is 2. The summed E-state index contributed by atoms with van der Waals surface area (Å²) in [6, 6.07) is 2.40. The largest absolute Gasteiger partial charge is 0.384 e. The third-order valence-corrected chi connectivity index (χ3v) is 2.75. The van der Waals surface area contributed by atoms with Crippen LogP contribution in [0.2, 0.25) is 0 Å². The van der Waals surface area contributed by atoms with E-state index in [1.807, 2.05) is 6.07 Å². The standard InChI is InChI=1S/C10H16N4/c1-7-3-8(2)14(5-7)10-4-9(11)12-6-13-10/h4,6-8H,3,5H2,1-2H3,(H2,11,12,13). The van der Waals surface area contributed by atoms with Crippen LogP contribution in [0.1, 0.15) is 20.3 Å². The first-order chi connectivity index (χ1) is 6.66. The number of nitrogen functional groups attached to an aromatic ring is 1. The van der Waals surface area contributed by atoms with Crippen molar-refractivity contribution in [3.8, 4) is 0 Å². The molecule has 1 aliphatic heterocycles. The average molecular weight is 192 g/mol. The van der Waals surface area contributed by atoms with E-state index in [0.29, 0.717) is 11.9 Å². The van der Waals surface area contributed by atoms with Crippen molar-refractivity contribution in [1.82, 2.24) is 9.97 Å². The Bertz CT molecular complexity index is 326. The van der Waals surface area contributed by atoms with E-state index < -0.39 is 0 Å². The summed E-state index contributed by atoms with van der Waals surface area (Å²) < 4.78 is 0. The molecule has 1 aromatic rings. The van der Waals surface area contributed by atoms with E-state index in [1.165, 1.54) is 12.7 Å². The molecule has 0 radical (unpaired) electrons. The number of nitrogens with two attached hydrogens (primary N) is 1. The summed E-state index contributed by atoms with van der Waals surface area (Å²) >= 11 is 0. The van der Waals surface area contributed by atoms with Gasteiger partial charge in [-0.15, -0.1) is 0 Å². The molecule has 0 amide bonds. The van der Waals surface area contributed by atoms with Crippen molar-refractivity contribution in [2.75, 3.05) is 17.2 Å². The summed E-state index contributed by atoms with van der Waals surface area (Å²) in [6.45, 7) is 5.56. The Morgan fingerprint density at radius 3 is 2.79 bits per heavy atom. The Kier molecular flexibility index (Phi) is 2.27. The number of anilines is 2. The fourth-order valence-corrected chi connectivity index (χ4v) is 2.14. The van der Waals surface area contributed by atoms with Gasteiger partial charge in [-0.1, -0.05) is 6.92 Å². The molecule has 2 heterocycles. The minimum Gasteiger partial charge on any atom is -0.384 e. The Balaban J connectivity index is 2.23. The maximum Gasteiger partial charge on any atom is 0.134 e. The second kappa shape index (κ2) is 3.44. The smallest absolute Gasteiger partial charge is 0.134 e. The van der Waals surface area contributed by atoms with E-state index in [1.54, 1.807) is 0 Å². The Morgan fingerprint density at radius 2 is 2.21 bits per heavy atom. The molecule has 14 heavy (non-hydrogen) atoms. The zero-order chi connectivity index (χ0) is 10.1. The quantitative estimate of drug-likeness (QED) is 0.728. The minimum absolute atomic E-state index is 0.543. The summed E-state index contributed by atoms with van der Waals surface area (Å²) in [5, 5.41) is 0. The monoisotopic (exact) mass is 192 g/mol. The molecule has 2 atom stereocenters. The zero-order valence-corrected chi connectivity index (χ0v) is 8.64. The lowest BCUT2D eigenvalue weighted by molar-refractivity contribution is 0.625. The Hall–Kier alpha value is -1.32. The van der Waals surface area contributed by atoms with Crippen LogP contribution >= 0.6 is 0 Å². The molecule has 0 aromatic carbocycles. The fourth-order valence-electron chi connectivity index (χ4n) is 2.14. The van der Waals surface area contributed by atoms with Crippen LogP contribution in [-0.2, 0) is 0 Å². The van der Waals surface area contributed by atoms with E-state index in [4.69, 9.17) is 5.73 Å². The average Bonchev–Trinajstić information content (AvgIpc) is 2.45. The highest BCUT2D eigenvalue weighted by Crippen LogP contribution is 2.27. The highest BCUT2D eigenvalue weighted by molar-refractivity contribution is 5.47. The first kappa shape index (κ1) is 9.24. The van der Waals surface area contributed by atoms with Crippen molar-refractivity contribution in [3.63, 3.8) is 0 Å². The third-order valence-electron chi connectivity index (χ3n) is 2.75. The van der Waals surface area contributed by atoms with E-state index in [0.717, 1.165) is 18.3 Å². The molecule has 0 aliphatic carbocycles. The predicted octanol–water partition coefficient (Wildman–Crippen LogP) is 1.29. The predicted molar refractivity (Wildman–Crippen MR) is 57.0 cm³/mol. The molecule has 4 heteroatoms. The fraction of sp³-hybridized carbons (Fsp3) is 0.600. The van der Waals surface area contributed by atoms with Crippen LogP contribution in [0.15, 0.2) is 12.4 Å². The van der Waals surface area contributed by atoms with Gasteiger partial charge >= 0.3 is 0 Å². The van der Waals surface area contributed by atoms with Crippen molar-refractivity contribution in [3.05, 3.63) is 12.4 Å². The van der Waals surface area contributed by atoms with Crippen LogP contribution in [0.25, 0.3) is 0 Å². The van der Waals surface area contributed by atoms with Crippen LogP contribution in [0.5, 0.6) is 0 Å². The van der Waals surface area contributed by atoms with Gasteiger partial charge in [-0.05, 0) is 19.3 Å². The lowest BCUT2D eigenvalue weighted by Crippen LogP contribution is -2.27. The molecule has 2 N–H and O–H groups in total. The molecule has 0 saturated carbocycles. The maximum absolute atomic E-state index is 5.63. The molecule has 4 nitrogen and oxygen atoms in total. The second-order valence-corrected chi connectivity index (χ2v) is 4.14. The number of nitrogens with zero attached hydrogens (tertiary/aromatic N) is 3. The van der Waals surface area contributed by atoms with Gasteiger partial charge in [-0.3, -0.25) is 0 Å². The van der Waals surface area contributed by atoms with Crippen LogP contribution in [-0.4, -0.2) is 22.6 Å². The van der Waals surface area contributed by atoms with Gasteiger partial charge in [-0.2, -0.15) is 0 Å². The van der Waals surface area contributed by atoms with Gasteiger partial charge in [0.2, 0.25) is 0 Å². The highest BCUT2D eigenvalue weighted by Gasteiger charge is 2.26. The van der Waals surface area contributed by atoms with Crippen LogP contribution in [0, 0.1) is 5.92 Å². The second-order valence-electron chi connectivity index (χ2n) is 4.14. The van der Waals surface area contributed by atoms with Crippen LogP contribution < -0.4 is 10.6 Å². The molecule has 0 spiro atoms. The molecule has 2 rings (SSSR count). The zero-order valence-electron chi connectivity index (χ0n) is 8.64. The highest BCUT2D eigenvalue weighted by atomic mass is 15.2. The molecule has 1 aliphatic rings. The lowest BCUT2D eigenvalue weighted by Gasteiger charge is -2.22. The minimum atomic E-state index is 0.543. The molecular weight excluding hydrogens is 176 g/mol. The first-order valence-corrected chi connectivity index (χ1v) is 5.01. The van der Waals surface area contributed by atoms with Crippen LogP contribution in [0.4, 0.5) is 11.6 Å². The topological polar surface area (TPSA) is 55.0 Å². The van der Waals surface area contributed by atoms with Gasteiger partial charge in [0.15, 0.2) is 0 Å². The van der Waals surface area contributed by atoms with Crippen molar-refractivity contribution >= 4 is 11.6 Å².